The molecule has 0 aliphatic heterocycles. The van der Waals surface area contributed by atoms with Crippen molar-refractivity contribution >= 4 is 33.2 Å². The van der Waals surface area contributed by atoms with Gasteiger partial charge in [-0.05, 0) is 43.4 Å². The van der Waals surface area contributed by atoms with Crippen molar-refractivity contribution in [3.63, 3.8) is 0 Å². The number of hydrogen-bond acceptors (Lipinski definition) is 4. The highest BCUT2D eigenvalue weighted by molar-refractivity contribution is 7.90. The second-order valence-electron chi connectivity index (χ2n) is 5.81. The lowest BCUT2D eigenvalue weighted by molar-refractivity contribution is 0.559. The molecule has 0 unspecified atom stereocenters. The Morgan fingerprint density at radius 3 is 1.89 bits per heavy atom. The third-order valence-electron chi connectivity index (χ3n) is 3.74. The van der Waals surface area contributed by atoms with Gasteiger partial charge in [0, 0.05) is 11.1 Å². The molecule has 0 atom stereocenters. The van der Waals surface area contributed by atoms with Crippen LogP contribution in [0.25, 0.3) is 0 Å². The van der Waals surface area contributed by atoms with E-state index in [-0.39, 0.29) is 15.8 Å². The molecule has 6 heteroatoms. The molecule has 0 aliphatic carbocycles. The van der Waals surface area contributed by atoms with Gasteiger partial charge in [-0.3, -0.25) is 0 Å². The molecular weight excluding hydrogens is 378 g/mol. The van der Waals surface area contributed by atoms with Crippen molar-refractivity contribution in [1.82, 2.24) is 0 Å². The molecule has 0 saturated carbocycles. The van der Waals surface area contributed by atoms with E-state index in [0.29, 0.717) is 11.1 Å². The number of ether oxygens (including phenoxy) is 1. The summed E-state index contributed by atoms with van der Waals surface area (Å²) in [7, 11) is -3.95. The van der Waals surface area contributed by atoms with Crippen LogP contribution in [0.1, 0.15) is 16.7 Å². The maximum absolute atomic E-state index is 12.7. The van der Waals surface area contributed by atoms with Gasteiger partial charge < -0.3 is 4.74 Å². The number of rotatable bonds is 4. The zero-order chi connectivity index (χ0) is 19.3. The van der Waals surface area contributed by atoms with Gasteiger partial charge in [-0.25, -0.2) is 0 Å². The SMILES string of the molecule is Cc1ccc(S(=O)(=O)/N=C(/OC(=S)c2ccccc2)c2ccccc2)cc1. The Kier molecular flexibility index (Phi) is 5.78. The largest absolute Gasteiger partial charge is 0.425 e. The fraction of sp³-hybridized carbons (Fsp3) is 0.0476. The molecule has 136 valence electrons. The predicted octanol–water partition coefficient (Wildman–Crippen LogP) is 4.52. The van der Waals surface area contributed by atoms with Crippen molar-refractivity contribution in [2.24, 2.45) is 4.40 Å². The van der Waals surface area contributed by atoms with Gasteiger partial charge in [0.25, 0.3) is 10.0 Å². The summed E-state index contributed by atoms with van der Waals surface area (Å²) in [4.78, 5) is 0.0933. The van der Waals surface area contributed by atoms with Crippen LogP contribution in [0, 0.1) is 6.92 Å². The standard InChI is InChI=1S/C21H17NO3S2/c1-16-12-14-19(15-13-16)27(23,24)22-20(17-8-4-2-5-9-17)25-21(26)18-10-6-3-7-11-18/h2-15H,1H3/b22-20+. The third-order valence-corrected chi connectivity index (χ3v) is 5.33. The highest BCUT2D eigenvalue weighted by Crippen LogP contribution is 2.16. The van der Waals surface area contributed by atoms with Crippen LogP contribution in [0.5, 0.6) is 0 Å². The normalized spacial score (nSPS) is 11.8. The Morgan fingerprint density at radius 2 is 1.33 bits per heavy atom. The van der Waals surface area contributed by atoms with E-state index < -0.39 is 10.0 Å². The van der Waals surface area contributed by atoms with E-state index in [1.807, 2.05) is 31.2 Å². The van der Waals surface area contributed by atoms with Crippen LogP contribution in [0.15, 0.2) is 94.2 Å². The Hall–Kier alpha value is -2.83. The maximum atomic E-state index is 12.7. The topological polar surface area (TPSA) is 55.7 Å². The van der Waals surface area contributed by atoms with Crippen LogP contribution in [0.3, 0.4) is 0 Å². The zero-order valence-corrected chi connectivity index (χ0v) is 16.2. The lowest BCUT2D eigenvalue weighted by atomic mass is 10.2. The summed E-state index contributed by atoms with van der Waals surface area (Å²) in [5.74, 6) is -0.0648. The maximum Gasteiger partial charge on any atom is 0.285 e. The minimum atomic E-state index is -3.95. The molecule has 4 nitrogen and oxygen atoms in total. The molecule has 0 radical (unpaired) electrons. The van der Waals surface area contributed by atoms with Gasteiger partial charge in [0.15, 0.2) is 5.05 Å². The first kappa shape index (κ1) is 18.9. The molecule has 0 spiro atoms. The second kappa shape index (κ2) is 8.24. The van der Waals surface area contributed by atoms with E-state index in [2.05, 4.69) is 4.40 Å². The van der Waals surface area contributed by atoms with Crippen molar-refractivity contribution in [3.8, 4) is 0 Å². The molecular formula is C21H17NO3S2. The summed E-state index contributed by atoms with van der Waals surface area (Å²) in [6, 6.07) is 24.4. The lowest BCUT2D eigenvalue weighted by Crippen LogP contribution is -2.15. The molecule has 0 heterocycles. The molecule has 3 aromatic carbocycles. The van der Waals surface area contributed by atoms with Crippen LogP contribution in [0.2, 0.25) is 0 Å². The van der Waals surface area contributed by atoms with E-state index in [1.165, 1.54) is 12.1 Å². The molecule has 0 saturated heterocycles. The first-order valence-corrected chi connectivity index (χ1v) is 10.0. The van der Waals surface area contributed by atoms with Crippen LogP contribution in [0.4, 0.5) is 0 Å². The Balaban J connectivity index is 2.01. The van der Waals surface area contributed by atoms with Gasteiger partial charge in [-0.1, -0.05) is 66.2 Å². The van der Waals surface area contributed by atoms with Crippen LogP contribution in [-0.4, -0.2) is 19.4 Å². The quantitative estimate of drug-likeness (QED) is 0.370. The lowest BCUT2D eigenvalue weighted by Gasteiger charge is -2.10. The highest BCUT2D eigenvalue weighted by atomic mass is 32.2. The fourth-order valence-corrected chi connectivity index (χ4v) is 3.47. The zero-order valence-electron chi connectivity index (χ0n) is 14.6. The minimum absolute atomic E-state index is 0.0648. The molecule has 3 aromatic rings. The smallest absolute Gasteiger partial charge is 0.285 e. The Bertz CT molecular complexity index is 1060. The van der Waals surface area contributed by atoms with Gasteiger partial charge in [0.05, 0.1) is 4.90 Å². The second-order valence-corrected chi connectivity index (χ2v) is 7.78. The fourth-order valence-electron chi connectivity index (χ4n) is 2.30. The van der Waals surface area contributed by atoms with Crippen LogP contribution in [-0.2, 0) is 14.8 Å². The van der Waals surface area contributed by atoms with Gasteiger partial charge in [-0.15, -0.1) is 4.40 Å². The summed E-state index contributed by atoms with van der Waals surface area (Å²) in [5, 5.41) is 0.150. The van der Waals surface area contributed by atoms with Gasteiger partial charge in [-0.2, -0.15) is 8.42 Å². The highest BCUT2D eigenvalue weighted by Gasteiger charge is 2.18. The van der Waals surface area contributed by atoms with E-state index in [9.17, 15) is 8.42 Å². The Labute approximate surface area is 164 Å². The first-order chi connectivity index (χ1) is 13.0. The third kappa shape index (κ3) is 4.87. The monoisotopic (exact) mass is 395 g/mol. The molecule has 27 heavy (non-hydrogen) atoms. The number of hydrogen-bond donors (Lipinski definition) is 0. The van der Waals surface area contributed by atoms with Crippen LogP contribution >= 0.6 is 12.2 Å². The molecule has 0 bridgehead atoms. The van der Waals surface area contributed by atoms with Crippen molar-refractivity contribution in [1.29, 1.82) is 0 Å². The van der Waals surface area contributed by atoms with E-state index in [0.717, 1.165) is 5.56 Å². The molecule has 0 aromatic heterocycles. The van der Waals surface area contributed by atoms with Crippen molar-refractivity contribution < 1.29 is 13.2 Å². The summed E-state index contributed by atoms with van der Waals surface area (Å²) in [6.45, 7) is 1.89. The van der Waals surface area contributed by atoms with Gasteiger partial charge in [0.1, 0.15) is 0 Å². The molecule has 0 N–H and O–H groups in total. The van der Waals surface area contributed by atoms with Crippen LogP contribution < -0.4 is 0 Å². The average Bonchev–Trinajstić information content (AvgIpc) is 2.69. The number of thiocarbonyl (C=S) groups is 1. The number of nitrogens with zero attached hydrogens (tertiary/aromatic N) is 1. The van der Waals surface area contributed by atoms with E-state index >= 15 is 0 Å². The van der Waals surface area contributed by atoms with Crippen molar-refractivity contribution in [3.05, 3.63) is 102 Å². The molecule has 3 rings (SSSR count). The summed E-state index contributed by atoms with van der Waals surface area (Å²) < 4.78 is 35.1. The summed E-state index contributed by atoms with van der Waals surface area (Å²) >= 11 is 5.32. The van der Waals surface area contributed by atoms with Gasteiger partial charge >= 0.3 is 0 Å². The predicted molar refractivity (Wildman–Crippen MR) is 111 cm³/mol. The van der Waals surface area contributed by atoms with Gasteiger partial charge in [0.2, 0.25) is 5.90 Å². The average molecular weight is 396 g/mol. The van der Waals surface area contributed by atoms with Crippen molar-refractivity contribution in [2.75, 3.05) is 0 Å². The van der Waals surface area contributed by atoms with E-state index in [4.69, 9.17) is 17.0 Å². The molecule has 0 aliphatic rings. The number of aryl methyl sites for hydroxylation is 1. The molecule has 0 fully saturated rings. The molecule has 0 amide bonds. The summed E-state index contributed by atoms with van der Waals surface area (Å²) in [6.07, 6.45) is 0. The first-order valence-electron chi connectivity index (χ1n) is 8.20. The Morgan fingerprint density at radius 1 is 0.815 bits per heavy atom. The summed E-state index contributed by atoms with van der Waals surface area (Å²) in [5.41, 5.74) is 2.15. The number of benzene rings is 3. The number of sulfonamides is 1. The minimum Gasteiger partial charge on any atom is -0.425 e. The van der Waals surface area contributed by atoms with E-state index in [1.54, 1.807) is 48.5 Å². The van der Waals surface area contributed by atoms with Crippen molar-refractivity contribution in [2.45, 2.75) is 11.8 Å².